The number of hydrogen-bond donors (Lipinski definition) is 0. The van der Waals surface area contributed by atoms with Crippen molar-refractivity contribution in [1.82, 2.24) is 0 Å². The molecule has 0 radical (unpaired) electrons. The van der Waals surface area contributed by atoms with Crippen LogP contribution < -0.4 is 0 Å². The molecule has 0 saturated heterocycles. The molecule has 0 N–H and O–H groups in total. The van der Waals surface area contributed by atoms with Crippen LogP contribution in [0.2, 0.25) is 0 Å². The summed E-state index contributed by atoms with van der Waals surface area (Å²) in [6, 6.07) is 0. The van der Waals surface area contributed by atoms with Crippen molar-refractivity contribution in [3.05, 3.63) is 0 Å². The van der Waals surface area contributed by atoms with Crippen LogP contribution in [-0.2, 0) is 14.6 Å². The van der Waals surface area contributed by atoms with E-state index in [1.54, 1.807) is 0 Å². The molecular weight excluding hydrogens is 188 g/mol. The van der Waals surface area contributed by atoms with Gasteiger partial charge in [0.1, 0.15) is 4.75 Å². The summed E-state index contributed by atoms with van der Waals surface area (Å²) < 4.78 is 21.1. The monoisotopic (exact) mass is 202 g/mol. The van der Waals surface area contributed by atoms with Crippen LogP contribution in [0.3, 0.4) is 0 Å². The molecule has 0 amide bonds. The van der Waals surface area contributed by atoms with Crippen molar-refractivity contribution in [2.24, 2.45) is 0 Å². The summed E-state index contributed by atoms with van der Waals surface area (Å²) in [5.41, 5.74) is 0. The van der Waals surface area contributed by atoms with Crippen molar-refractivity contribution >= 4 is 15.6 Å². The molecule has 0 aliphatic heterocycles. The second-order valence-electron chi connectivity index (χ2n) is 3.41. The Kier molecular flexibility index (Phi) is 3.68. The number of terminal acetylenes is 1. The minimum Gasteiger partial charge on any atom is -0.298 e. The predicted molar refractivity (Wildman–Crippen MR) is 52.0 cm³/mol. The van der Waals surface area contributed by atoms with Gasteiger partial charge in [0.05, 0.1) is 0 Å². The fourth-order valence-corrected chi connectivity index (χ4v) is 1.21. The third-order valence-electron chi connectivity index (χ3n) is 2.09. The van der Waals surface area contributed by atoms with Gasteiger partial charge < -0.3 is 0 Å². The quantitative estimate of drug-likeness (QED) is 0.633. The van der Waals surface area contributed by atoms with Gasteiger partial charge in [0.25, 0.3) is 0 Å². The smallest absolute Gasteiger partial charge is 0.159 e. The zero-order valence-corrected chi connectivity index (χ0v) is 8.94. The van der Waals surface area contributed by atoms with Crippen molar-refractivity contribution in [3.63, 3.8) is 0 Å². The number of Topliss-reactive ketones (excluding diaryl/α,β-unsaturated/α-hetero) is 1. The average Bonchev–Trinajstić information content (AvgIpc) is 1.97. The fourth-order valence-electron chi connectivity index (χ4n) is 0.694. The Morgan fingerprint density at radius 1 is 1.46 bits per heavy atom. The van der Waals surface area contributed by atoms with E-state index in [2.05, 4.69) is 5.92 Å². The maximum Gasteiger partial charge on any atom is 0.159 e. The number of rotatable bonds is 4. The molecule has 74 valence electrons. The molecule has 0 bridgehead atoms. The van der Waals surface area contributed by atoms with E-state index in [1.807, 2.05) is 0 Å². The first-order valence-corrected chi connectivity index (χ1v) is 5.79. The lowest BCUT2D eigenvalue weighted by Crippen LogP contribution is -2.39. The Labute approximate surface area is 79.4 Å². The van der Waals surface area contributed by atoms with Gasteiger partial charge >= 0.3 is 0 Å². The Hall–Kier alpha value is -0.820. The maximum absolute atomic E-state index is 11.4. The maximum atomic E-state index is 11.4. The van der Waals surface area contributed by atoms with Crippen molar-refractivity contribution in [3.8, 4) is 12.3 Å². The second kappa shape index (κ2) is 3.93. The van der Waals surface area contributed by atoms with E-state index in [4.69, 9.17) is 6.42 Å². The minimum absolute atomic E-state index is 0.122. The number of carbonyl (C=O) groups is 1. The summed E-state index contributed by atoms with van der Waals surface area (Å²) in [5, 5.41) is 0. The van der Waals surface area contributed by atoms with Crippen LogP contribution in [0.4, 0.5) is 0 Å². The molecule has 0 spiro atoms. The van der Waals surface area contributed by atoms with Gasteiger partial charge in [0.15, 0.2) is 15.6 Å². The van der Waals surface area contributed by atoms with Crippen LogP contribution in [0, 0.1) is 12.3 Å². The number of sulfone groups is 1. The summed E-state index contributed by atoms with van der Waals surface area (Å²) in [6.07, 6.45) is 6.44. The van der Waals surface area contributed by atoms with Crippen LogP contribution >= 0.6 is 0 Å². The first kappa shape index (κ1) is 12.2. The number of hydrogen-bond acceptors (Lipinski definition) is 3. The van der Waals surface area contributed by atoms with E-state index in [1.165, 1.54) is 13.8 Å². The molecule has 4 heteroatoms. The van der Waals surface area contributed by atoms with E-state index in [-0.39, 0.29) is 18.6 Å². The third-order valence-corrected chi connectivity index (χ3v) is 4.18. The SMILES string of the molecule is C#CCCC(=O)C(C)(C)S(C)(=O)=O. The van der Waals surface area contributed by atoms with Crippen molar-refractivity contribution in [1.29, 1.82) is 0 Å². The lowest BCUT2D eigenvalue weighted by Gasteiger charge is -2.19. The predicted octanol–water partition coefficient (Wildman–Crippen LogP) is 0.792. The van der Waals surface area contributed by atoms with Gasteiger partial charge in [-0.05, 0) is 13.8 Å². The van der Waals surface area contributed by atoms with E-state index < -0.39 is 14.6 Å². The lowest BCUT2D eigenvalue weighted by atomic mass is 10.0. The number of ketones is 1. The van der Waals surface area contributed by atoms with E-state index >= 15 is 0 Å². The first-order chi connectivity index (χ1) is 5.73. The van der Waals surface area contributed by atoms with Gasteiger partial charge in [0.2, 0.25) is 0 Å². The van der Waals surface area contributed by atoms with Gasteiger partial charge in [-0.2, -0.15) is 0 Å². The highest BCUT2D eigenvalue weighted by molar-refractivity contribution is 7.92. The number of carbonyl (C=O) groups excluding carboxylic acids is 1. The van der Waals surface area contributed by atoms with Crippen molar-refractivity contribution in [2.45, 2.75) is 31.4 Å². The Balaban J connectivity index is 4.68. The zero-order valence-electron chi connectivity index (χ0n) is 8.12. The average molecular weight is 202 g/mol. The first-order valence-electron chi connectivity index (χ1n) is 3.90. The zero-order chi connectivity index (χ0) is 10.7. The molecule has 13 heavy (non-hydrogen) atoms. The van der Waals surface area contributed by atoms with Crippen molar-refractivity contribution < 1.29 is 13.2 Å². The van der Waals surface area contributed by atoms with E-state index in [9.17, 15) is 13.2 Å². The molecule has 0 unspecified atom stereocenters. The molecule has 0 aromatic heterocycles. The van der Waals surface area contributed by atoms with E-state index in [0.29, 0.717) is 0 Å². The highest BCUT2D eigenvalue weighted by Gasteiger charge is 2.37. The molecule has 0 heterocycles. The molecular formula is C9H14O3S. The Morgan fingerprint density at radius 3 is 2.23 bits per heavy atom. The molecule has 0 fully saturated rings. The highest BCUT2D eigenvalue weighted by atomic mass is 32.2. The standard InChI is InChI=1S/C9H14O3S/c1-5-6-7-8(10)9(2,3)13(4,11)12/h1H,6-7H2,2-4H3. The van der Waals surface area contributed by atoms with E-state index in [0.717, 1.165) is 6.26 Å². The summed E-state index contributed by atoms with van der Waals surface area (Å²) in [7, 11) is -3.35. The molecule has 3 nitrogen and oxygen atoms in total. The second-order valence-corrected chi connectivity index (χ2v) is 5.97. The van der Waals surface area contributed by atoms with Crippen LogP contribution in [0.15, 0.2) is 0 Å². The fraction of sp³-hybridized carbons (Fsp3) is 0.667. The molecule has 0 aliphatic rings. The summed E-state index contributed by atoms with van der Waals surface area (Å²) in [4.78, 5) is 11.4. The molecule has 0 aromatic carbocycles. The largest absolute Gasteiger partial charge is 0.298 e. The third kappa shape index (κ3) is 2.85. The van der Waals surface area contributed by atoms with Crippen LogP contribution in [0.25, 0.3) is 0 Å². The van der Waals surface area contributed by atoms with Crippen LogP contribution in [0.5, 0.6) is 0 Å². The minimum atomic E-state index is -3.35. The normalized spacial score (nSPS) is 12.2. The van der Waals surface area contributed by atoms with Crippen LogP contribution in [0.1, 0.15) is 26.7 Å². The Morgan fingerprint density at radius 2 is 1.92 bits per heavy atom. The van der Waals surface area contributed by atoms with Gasteiger partial charge in [-0.25, -0.2) is 8.42 Å². The summed E-state index contributed by atoms with van der Waals surface area (Å²) in [5.74, 6) is 1.98. The summed E-state index contributed by atoms with van der Waals surface area (Å²) in [6.45, 7) is 2.81. The van der Waals surface area contributed by atoms with Crippen LogP contribution in [-0.4, -0.2) is 25.2 Å². The molecule has 0 atom stereocenters. The molecule has 0 aliphatic carbocycles. The lowest BCUT2D eigenvalue weighted by molar-refractivity contribution is -0.120. The summed E-state index contributed by atoms with van der Waals surface area (Å²) >= 11 is 0. The molecule has 0 rings (SSSR count). The highest BCUT2D eigenvalue weighted by Crippen LogP contribution is 2.18. The molecule has 0 aromatic rings. The molecule has 0 saturated carbocycles. The van der Waals surface area contributed by atoms with Gasteiger partial charge in [-0.1, -0.05) is 0 Å². The Bertz CT molecular complexity index is 330. The topological polar surface area (TPSA) is 51.2 Å². The van der Waals surface area contributed by atoms with Gasteiger partial charge in [0, 0.05) is 19.1 Å². The van der Waals surface area contributed by atoms with Gasteiger partial charge in [-0.3, -0.25) is 4.79 Å². The van der Waals surface area contributed by atoms with Crippen molar-refractivity contribution in [2.75, 3.05) is 6.26 Å². The van der Waals surface area contributed by atoms with Gasteiger partial charge in [-0.15, -0.1) is 12.3 Å².